The highest BCUT2D eigenvalue weighted by molar-refractivity contribution is 5.77. The molecule has 6 heteroatoms. The van der Waals surface area contributed by atoms with Crippen LogP contribution < -0.4 is 5.32 Å². The number of nitrogens with one attached hydrogen (secondary N) is 1. The summed E-state index contributed by atoms with van der Waals surface area (Å²) in [6, 6.07) is -0.702. The van der Waals surface area contributed by atoms with Crippen molar-refractivity contribution < 1.29 is 24.5 Å². The van der Waals surface area contributed by atoms with E-state index in [2.05, 4.69) is 62.5 Å². The second kappa shape index (κ2) is 47.1. The Kier molecular flexibility index (Phi) is 45.6. The van der Waals surface area contributed by atoms with Gasteiger partial charge in [0.05, 0.1) is 25.2 Å². The Morgan fingerprint density at radius 1 is 0.508 bits per heavy atom. The van der Waals surface area contributed by atoms with Crippen molar-refractivity contribution >= 4 is 11.9 Å². The number of hydrogen-bond donors (Lipinski definition) is 3. The second-order valence-electron chi connectivity index (χ2n) is 17.6. The molecule has 0 rings (SSSR count). The van der Waals surface area contributed by atoms with Crippen LogP contribution in [0.2, 0.25) is 0 Å². The van der Waals surface area contributed by atoms with Crippen LogP contribution in [0.25, 0.3) is 0 Å². The lowest BCUT2D eigenvalue weighted by molar-refractivity contribution is -0.151. The Labute approximate surface area is 366 Å². The summed E-state index contributed by atoms with van der Waals surface area (Å²) in [5, 5.41) is 23.8. The third kappa shape index (κ3) is 42.6. The molecule has 0 radical (unpaired) electrons. The highest BCUT2D eigenvalue weighted by atomic mass is 16.5. The van der Waals surface area contributed by atoms with Crippen molar-refractivity contribution in [2.24, 2.45) is 0 Å². The number of hydrogen-bond acceptors (Lipinski definition) is 5. The molecular weight excluding hydrogens is 731 g/mol. The molecular formula is C53H99NO5. The van der Waals surface area contributed by atoms with Gasteiger partial charge in [0, 0.05) is 6.42 Å². The van der Waals surface area contributed by atoms with E-state index in [4.69, 9.17) is 4.74 Å². The largest absolute Gasteiger partial charge is 0.462 e. The molecule has 3 unspecified atom stereocenters. The van der Waals surface area contributed by atoms with Crippen molar-refractivity contribution in [3.05, 3.63) is 36.5 Å². The van der Waals surface area contributed by atoms with Gasteiger partial charge >= 0.3 is 5.97 Å². The summed E-state index contributed by atoms with van der Waals surface area (Å²) in [6.07, 6.45) is 54.9. The first kappa shape index (κ1) is 57.1. The molecule has 59 heavy (non-hydrogen) atoms. The summed E-state index contributed by atoms with van der Waals surface area (Å²) >= 11 is 0. The molecule has 0 aliphatic heterocycles. The zero-order valence-electron chi connectivity index (χ0n) is 39.4. The number of carbonyl (C=O) groups is 2. The molecule has 0 aromatic heterocycles. The van der Waals surface area contributed by atoms with Crippen LogP contribution in [-0.4, -0.2) is 46.9 Å². The fourth-order valence-electron chi connectivity index (χ4n) is 7.90. The molecule has 0 bridgehead atoms. The predicted molar refractivity (Wildman–Crippen MR) is 255 cm³/mol. The zero-order chi connectivity index (χ0) is 43.1. The summed E-state index contributed by atoms with van der Waals surface area (Å²) in [7, 11) is 0. The average Bonchev–Trinajstić information content (AvgIpc) is 3.23. The number of amides is 1. The van der Waals surface area contributed by atoms with Crippen molar-refractivity contribution in [3.63, 3.8) is 0 Å². The molecule has 0 aromatic carbocycles. The molecule has 6 nitrogen and oxygen atoms in total. The van der Waals surface area contributed by atoms with Gasteiger partial charge in [-0.3, -0.25) is 9.59 Å². The molecule has 0 aliphatic rings. The number of aliphatic hydroxyl groups is 2. The summed E-state index contributed by atoms with van der Waals surface area (Å²) < 4.78 is 5.92. The minimum absolute atomic E-state index is 0.0731. The van der Waals surface area contributed by atoms with Crippen LogP contribution in [0.1, 0.15) is 265 Å². The molecule has 3 N–H and O–H groups in total. The number of rotatable bonds is 46. The summed E-state index contributed by atoms with van der Waals surface area (Å²) in [6.45, 7) is 6.36. The fraction of sp³-hybridized carbons (Fsp3) is 0.849. The minimum atomic E-state index is -0.788. The number of esters is 1. The second-order valence-corrected chi connectivity index (χ2v) is 17.6. The van der Waals surface area contributed by atoms with Gasteiger partial charge in [0.25, 0.3) is 0 Å². The maximum Gasteiger partial charge on any atom is 0.306 e. The number of ether oxygens (including phenoxy) is 1. The molecule has 0 saturated carbocycles. The lowest BCUT2D eigenvalue weighted by Crippen LogP contribution is -2.46. The van der Waals surface area contributed by atoms with Gasteiger partial charge in [-0.2, -0.15) is 0 Å². The van der Waals surface area contributed by atoms with Crippen molar-refractivity contribution in [2.75, 3.05) is 6.61 Å². The summed E-state index contributed by atoms with van der Waals surface area (Å²) in [5.41, 5.74) is 0. The molecule has 0 aromatic rings. The third-order valence-electron chi connectivity index (χ3n) is 11.8. The van der Waals surface area contributed by atoms with E-state index in [9.17, 15) is 19.8 Å². The van der Waals surface area contributed by atoms with Crippen LogP contribution >= 0.6 is 0 Å². The number of allylic oxidation sites excluding steroid dienone is 6. The van der Waals surface area contributed by atoms with E-state index in [0.29, 0.717) is 19.3 Å². The Bertz CT molecular complexity index is 977. The SMILES string of the molecule is CC/C=C/C=C/C=C\CCCCCCCC(=O)OC(CCCCCCCCCCCCCCC)CC(=O)NC(CO)C(O)CCCCCCCCCCCCCCCC. The van der Waals surface area contributed by atoms with E-state index in [1.165, 1.54) is 148 Å². The number of aliphatic hydroxyl groups excluding tert-OH is 2. The van der Waals surface area contributed by atoms with E-state index < -0.39 is 18.2 Å². The molecule has 0 aliphatic carbocycles. The molecule has 346 valence electrons. The molecule has 1 amide bonds. The maximum absolute atomic E-state index is 13.2. The lowest BCUT2D eigenvalue weighted by Gasteiger charge is -2.24. The summed E-state index contributed by atoms with van der Waals surface area (Å²) in [4.78, 5) is 26.1. The van der Waals surface area contributed by atoms with Crippen molar-refractivity contribution in [1.29, 1.82) is 0 Å². The zero-order valence-corrected chi connectivity index (χ0v) is 39.4. The van der Waals surface area contributed by atoms with Gasteiger partial charge < -0.3 is 20.3 Å². The van der Waals surface area contributed by atoms with Gasteiger partial charge in [0.2, 0.25) is 5.91 Å². The van der Waals surface area contributed by atoms with Gasteiger partial charge in [-0.25, -0.2) is 0 Å². The van der Waals surface area contributed by atoms with E-state index in [0.717, 1.165) is 70.6 Å². The lowest BCUT2D eigenvalue weighted by atomic mass is 10.0. The van der Waals surface area contributed by atoms with E-state index in [-0.39, 0.29) is 24.9 Å². The van der Waals surface area contributed by atoms with Crippen molar-refractivity contribution in [3.8, 4) is 0 Å². The first-order chi connectivity index (χ1) is 29.0. The standard InChI is InChI=1S/C53H99NO5/c1-4-7-10-13-16-19-22-25-28-30-33-36-39-42-45-51(56)50(48-55)54-52(57)47-49(44-41-38-35-32-29-26-23-20-17-14-11-8-5-2)59-53(58)46-43-40-37-34-31-27-24-21-18-15-12-9-6-3/h9,12,15,18,21,24,49-51,55-56H,4-8,10-11,13-14,16-17,19-20,22-23,25-48H2,1-3H3,(H,54,57)/b12-9+,18-15+,24-21-. The quantitative estimate of drug-likeness (QED) is 0.0323. The Balaban J connectivity index is 4.56. The van der Waals surface area contributed by atoms with Gasteiger partial charge in [-0.1, -0.05) is 243 Å². The predicted octanol–water partition coefficient (Wildman–Crippen LogP) is 15.3. The van der Waals surface area contributed by atoms with Crippen LogP contribution in [-0.2, 0) is 14.3 Å². The highest BCUT2D eigenvalue weighted by Gasteiger charge is 2.24. The molecule has 0 heterocycles. The normalized spacial score (nSPS) is 13.5. The Hall–Kier alpha value is -1.92. The molecule has 0 saturated heterocycles. The average molecular weight is 830 g/mol. The molecule has 0 spiro atoms. The fourth-order valence-corrected chi connectivity index (χ4v) is 7.90. The monoisotopic (exact) mass is 830 g/mol. The van der Waals surface area contributed by atoms with E-state index >= 15 is 0 Å². The molecule has 3 atom stereocenters. The maximum atomic E-state index is 13.2. The summed E-state index contributed by atoms with van der Waals surface area (Å²) in [5.74, 6) is -0.487. The minimum Gasteiger partial charge on any atom is -0.462 e. The van der Waals surface area contributed by atoms with Gasteiger partial charge in [0.1, 0.15) is 6.10 Å². The smallest absolute Gasteiger partial charge is 0.306 e. The van der Waals surface area contributed by atoms with Gasteiger partial charge in [-0.15, -0.1) is 0 Å². The van der Waals surface area contributed by atoms with Crippen molar-refractivity contribution in [1.82, 2.24) is 5.32 Å². The Morgan fingerprint density at radius 2 is 0.915 bits per heavy atom. The third-order valence-corrected chi connectivity index (χ3v) is 11.8. The van der Waals surface area contributed by atoms with Gasteiger partial charge in [-0.05, 0) is 44.9 Å². The van der Waals surface area contributed by atoms with Crippen LogP contribution in [0.15, 0.2) is 36.5 Å². The first-order valence-corrected chi connectivity index (χ1v) is 25.7. The number of carbonyl (C=O) groups excluding carboxylic acids is 2. The van der Waals surface area contributed by atoms with Crippen LogP contribution in [0.5, 0.6) is 0 Å². The van der Waals surface area contributed by atoms with Crippen LogP contribution in [0, 0.1) is 0 Å². The van der Waals surface area contributed by atoms with E-state index in [1.54, 1.807) is 0 Å². The number of unbranched alkanes of at least 4 members (excludes halogenated alkanes) is 30. The van der Waals surface area contributed by atoms with Crippen LogP contribution in [0.4, 0.5) is 0 Å². The Morgan fingerprint density at radius 3 is 1.37 bits per heavy atom. The first-order valence-electron chi connectivity index (χ1n) is 25.7. The van der Waals surface area contributed by atoms with Gasteiger partial charge in [0.15, 0.2) is 0 Å². The molecule has 0 fully saturated rings. The van der Waals surface area contributed by atoms with E-state index in [1.807, 2.05) is 0 Å². The van der Waals surface area contributed by atoms with Crippen molar-refractivity contribution in [2.45, 2.75) is 283 Å². The highest BCUT2D eigenvalue weighted by Crippen LogP contribution is 2.18. The topological polar surface area (TPSA) is 95.9 Å². The van der Waals surface area contributed by atoms with Crippen LogP contribution in [0.3, 0.4) is 0 Å².